The van der Waals surface area contributed by atoms with Gasteiger partial charge in [-0.1, -0.05) is 48.5 Å². The molecule has 1 saturated heterocycles. The van der Waals surface area contributed by atoms with E-state index in [0.29, 0.717) is 25.1 Å². The summed E-state index contributed by atoms with van der Waals surface area (Å²) in [6.45, 7) is 2.67. The molecule has 0 saturated carbocycles. The van der Waals surface area contributed by atoms with Crippen LogP contribution in [0.25, 0.3) is 11.1 Å². The van der Waals surface area contributed by atoms with Crippen LogP contribution in [0.2, 0.25) is 0 Å². The third-order valence-corrected chi connectivity index (χ3v) is 6.95. The zero-order valence-corrected chi connectivity index (χ0v) is 19.3. The third kappa shape index (κ3) is 4.01. The van der Waals surface area contributed by atoms with Gasteiger partial charge in [0.15, 0.2) is 0 Å². The molecule has 0 bridgehead atoms. The predicted octanol–water partition coefficient (Wildman–Crippen LogP) is 5.12. The molecule has 0 radical (unpaired) electrons. The average Bonchev–Trinajstić information content (AvgIpc) is 3.46. The van der Waals surface area contributed by atoms with Gasteiger partial charge in [0, 0.05) is 24.4 Å². The van der Waals surface area contributed by atoms with Gasteiger partial charge in [-0.05, 0) is 54.2 Å². The Morgan fingerprint density at radius 1 is 1.03 bits per heavy atom. The number of ether oxygens (including phenoxy) is 1. The molecule has 5 rings (SSSR count). The summed E-state index contributed by atoms with van der Waals surface area (Å²) in [6, 6.07) is 21.2. The van der Waals surface area contributed by atoms with Crippen LogP contribution in [0, 0.1) is 10.1 Å². The number of anilines is 1. The van der Waals surface area contributed by atoms with E-state index in [-0.39, 0.29) is 18.2 Å². The van der Waals surface area contributed by atoms with Gasteiger partial charge in [-0.2, -0.15) is 0 Å². The predicted molar refractivity (Wildman–Crippen MR) is 131 cm³/mol. The van der Waals surface area contributed by atoms with Crippen LogP contribution in [-0.2, 0) is 14.9 Å². The zero-order chi connectivity index (χ0) is 24.6. The fraction of sp³-hybridized carbons (Fsp3) is 0.259. The number of nitrogens with zero attached hydrogens (tertiary/aromatic N) is 2. The second-order valence-electron chi connectivity index (χ2n) is 9.12. The van der Waals surface area contributed by atoms with Crippen LogP contribution in [0.5, 0.6) is 0 Å². The van der Waals surface area contributed by atoms with Crippen LogP contribution in [0.1, 0.15) is 30.9 Å². The van der Waals surface area contributed by atoms with Gasteiger partial charge in [-0.25, -0.2) is 4.79 Å². The molecule has 1 atom stereocenters. The van der Waals surface area contributed by atoms with Gasteiger partial charge in [0.1, 0.15) is 12.6 Å². The fourth-order valence-electron chi connectivity index (χ4n) is 5.14. The van der Waals surface area contributed by atoms with Crippen molar-refractivity contribution in [2.75, 3.05) is 18.5 Å². The van der Waals surface area contributed by atoms with Crippen molar-refractivity contribution in [1.82, 2.24) is 4.90 Å². The summed E-state index contributed by atoms with van der Waals surface area (Å²) in [7, 11) is 0. The Hall–Kier alpha value is -4.20. The van der Waals surface area contributed by atoms with E-state index in [2.05, 4.69) is 36.5 Å². The van der Waals surface area contributed by atoms with E-state index in [0.717, 1.165) is 22.3 Å². The first-order valence-electron chi connectivity index (χ1n) is 11.6. The second-order valence-corrected chi connectivity index (χ2v) is 9.12. The molecule has 1 N–H and O–H groups in total. The number of nitro benzene ring substituents is 1. The molecule has 178 valence electrons. The number of non-ortho nitro benzene ring substituents is 1. The van der Waals surface area contributed by atoms with E-state index in [4.69, 9.17) is 4.74 Å². The standard InChI is InChI=1S/C27H25N3O5/c1-27(22-9-4-2-7-20(22)21-8-3-5-10-23(21)27)17-35-26(32)29-16-6-11-24(29)25(31)28-18-12-14-19(15-13-18)30(33)34/h2-5,7-10,12-15,24H,6,11,16-17H2,1H3,(H,28,31)/t24-/m0/s1. The van der Waals surface area contributed by atoms with E-state index in [9.17, 15) is 19.7 Å². The number of rotatable bonds is 5. The lowest BCUT2D eigenvalue weighted by atomic mass is 9.81. The molecular weight excluding hydrogens is 446 g/mol. The number of amides is 2. The van der Waals surface area contributed by atoms with E-state index < -0.39 is 22.5 Å². The highest BCUT2D eigenvalue weighted by molar-refractivity contribution is 5.97. The molecule has 0 aromatic heterocycles. The van der Waals surface area contributed by atoms with E-state index in [1.165, 1.54) is 29.2 Å². The summed E-state index contributed by atoms with van der Waals surface area (Å²) in [5.41, 5.74) is 4.40. The van der Waals surface area contributed by atoms with Crippen molar-refractivity contribution in [2.45, 2.75) is 31.2 Å². The average molecular weight is 472 g/mol. The Morgan fingerprint density at radius 2 is 1.63 bits per heavy atom. The molecule has 1 heterocycles. The molecule has 2 amide bonds. The number of nitro groups is 1. The molecule has 35 heavy (non-hydrogen) atoms. The molecule has 0 spiro atoms. The van der Waals surface area contributed by atoms with Crippen molar-refractivity contribution < 1.29 is 19.2 Å². The Balaban J connectivity index is 1.28. The maximum atomic E-state index is 13.1. The maximum Gasteiger partial charge on any atom is 0.410 e. The Kier molecular flexibility index (Phi) is 5.72. The lowest BCUT2D eigenvalue weighted by Gasteiger charge is -2.29. The van der Waals surface area contributed by atoms with E-state index in [1.54, 1.807) is 0 Å². The summed E-state index contributed by atoms with van der Waals surface area (Å²) < 4.78 is 5.83. The minimum atomic E-state index is -0.659. The largest absolute Gasteiger partial charge is 0.448 e. The smallest absolute Gasteiger partial charge is 0.410 e. The molecule has 0 unspecified atom stereocenters. The summed E-state index contributed by atoms with van der Waals surface area (Å²) in [6.07, 6.45) is 0.696. The molecule has 1 aliphatic heterocycles. The number of fused-ring (bicyclic) bond motifs is 3. The summed E-state index contributed by atoms with van der Waals surface area (Å²) in [5.74, 6) is -0.337. The number of nitrogens with one attached hydrogen (secondary N) is 1. The molecule has 3 aromatic carbocycles. The van der Waals surface area contributed by atoms with Crippen LogP contribution >= 0.6 is 0 Å². The normalized spacial score (nSPS) is 17.4. The van der Waals surface area contributed by atoms with Crippen LogP contribution < -0.4 is 5.32 Å². The summed E-state index contributed by atoms with van der Waals surface area (Å²) in [4.78, 5) is 37.8. The monoisotopic (exact) mass is 471 g/mol. The van der Waals surface area contributed by atoms with Gasteiger partial charge in [-0.3, -0.25) is 19.8 Å². The first-order valence-corrected chi connectivity index (χ1v) is 11.6. The van der Waals surface area contributed by atoms with Crippen LogP contribution in [0.4, 0.5) is 16.2 Å². The Bertz CT molecular complexity index is 1260. The molecule has 3 aromatic rings. The zero-order valence-electron chi connectivity index (χ0n) is 19.3. The molecular formula is C27H25N3O5. The fourth-order valence-corrected chi connectivity index (χ4v) is 5.14. The van der Waals surface area contributed by atoms with Gasteiger partial charge in [-0.15, -0.1) is 0 Å². The molecule has 8 heteroatoms. The maximum absolute atomic E-state index is 13.1. The Morgan fingerprint density at radius 3 is 2.23 bits per heavy atom. The minimum absolute atomic E-state index is 0.0578. The number of likely N-dealkylation sites (tertiary alicyclic amines) is 1. The number of hydrogen-bond acceptors (Lipinski definition) is 5. The topological polar surface area (TPSA) is 102 Å². The van der Waals surface area contributed by atoms with Crippen LogP contribution in [-0.4, -0.2) is 41.0 Å². The van der Waals surface area contributed by atoms with Gasteiger partial charge < -0.3 is 10.1 Å². The number of benzene rings is 3. The van der Waals surface area contributed by atoms with Crippen LogP contribution in [0.3, 0.4) is 0 Å². The molecule has 1 fully saturated rings. The summed E-state index contributed by atoms with van der Waals surface area (Å²) in [5, 5.41) is 13.6. The Labute approximate surface area is 202 Å². The second kappa shape index (κ2) is 8.87. The lowest BCUT2D eigenvalue weighted by molar-refractivity contribution is -0.384. The third-order valence-electron chi connectivity index (χ3n) is 6.95. The quantitative estimate of drug-likeness (QED) is 0.411. The van der Waals surface area contributed by atoms with E-state index in [1.807, 2.05) is 24.3 Å². The van der Waals surface area contributed by atoms with Crippen molar-refractivity contribution in [3.8, 4) is 11.1 Å². The lowest BCUT2D eigenvalue weighted by Crippen LogP contribution is -2.44. The first kappa shape index (κ1) is 22.6. The molecule has 2 aliphatic rings. The number of carbonyl (C=O) groups excluding carboxylic acids is 2. The van der Waals surface area contributed by atoms with Gasteiger partial charge in [0.2, 0.25) is 5.91 Å². The van der Waals surface area contributed by atoms with Crippen molar-refractivity contribution in [3.05, 3.63) is 94.0 Å². The highest BCUT2D eigenvalue weighted by Gasteiger charge is 2.42. The van der Waals surface area contributed by atoms with Crippen molar-refractivity contribution in [1.29, 1.82) is 0 Å². The van der Waals surface area contributed by atoms with Gasteiger partial charge in [0.25, 0.3) is 5.69 Å². The van der Waals surface area contributed by atoms with Gasteiger partial charge in [0.05, 0.1) is 10.3 Å². The van der Waals surface area contributed by atoms with E-state index >= 15 is 0 Å². The van der Waals surface area contributed by atoms with Gasteiger partial charge >= 0.3 is 6.09 Å². The minimum Gasteiger partial charge on any atom is -0.448 e. The van der Waals surface area contributed by atoms with Crippen LogP contribution in [0.15, 0.2) is 72.8 Å². The SMILES string of the molecule is CC1(COC(=O)N2CCC[C@H]2C(=O)Nc2ccc([N+](=O)[O-])cc2)c2ccccc2-c2ccccc21. The van der Waals surface area contributed by atoms with Crippen molar-refractivity contribution in [3.63, 3.8) is 0 Å². The highest BCUT2D eigenvalue weighted by Crippen LogP contribution is 2.48. The number of carbonyl (C=O) groups is 2. The first-order chi connectivity index (χ1) is 16.9. The molecule has 8 nitrogen and oxygen atoms in total. The summed E-state index contributed by atoms with van der Waals surface area (Å²) >= 11 is 0. The highest BCUT2D eigenvalue weighted by atomic mass is 16.6. The van der Waals surface area contributed by atoms with Crippen molar-refractivity contribution in [2.24, 2.45) is 0 Å². The molecule has 1 aliphatic carbocycles. The number of hydrogen-bond donors (Lipinski definition) is 1. The van der Waals surface area contributed by atoms with Crippen molar-refractivity contribution >= 4 is 23.4 Å².